The highest BCUT2D eigenvalue weighted by Gasteiger charge is 2.47. The van der Waals surface area contributed by atoms with Gasteiger partial charge in [-0.15, -0.1) is 0 Å². The quantitative estimate of drug-likeness (QED) is 0.449. The first-order valence-electron chi connectivity index (χ1n) is 9.68. The molecule has 148 valence electrons. The Hall–Kier alpha value is -1.91. The van der Waals surface area contributed by atoms with Crippen molar-refractivity contribution in [3.8, 4) is 0 Å². The summed E-state index contributed by atoms with van der Waals surface area (Å²) >= 11 is 0. The Morgan fingerprint density at radius 2 is 1.78 bits per heavy atom. The van der Waals surface area contributed by atoms with Crippen molar-refractivity contribution in [3.05, 3.63) is 54.1 Å². The van der Waals surface area contributed by atoms with Crippen LogP contribution < -0.4 is 0 Å². The summed E-state index contributed by atoms with van der Waals surface area (Å²) < 4.78 is 0. The summed E-state index contributed by atoms with van der Waals surface area (Å²) in [5.74, 6) is -0.0684. The van der Waals surface area contributed by atoms with Gasteiger partial charge in [-0.1, -0.05) is 68.5 Å². The van der Waals surface area contributed by atoms with Crippen molar-refractivity contribution in [2.45, 2.75) is 64.6 Å². The lowest BCUT2D eigenvalue weighted by Crippen LogP contribution is -2.31. The Bertz CT molecular complexity index is 666. The van der Waals surface area contributed by atoms with Crippen LogP contribution in [-0.4, -0.2) is 22.3 Å². The van der Waals surface area contributed by atoms with E-state index in [-0.39, 0.29) is 6.42 Å². The van der Waals surface area contributed by atoms with E-state index >= 15 is 0 Å². The molecule has 0 aliphatic carbocycles. The van der Waals surface area contributed by atoms with E-state index in [4.69, 9.17) is 14.9 Å². The molecule has 0 spiro atoms. The molecule has 1 fully saturated rings. The second-order valence-electron chi connectivity index (χ2n) is 8.41. The zero-order valence-electron chi connectivity index (χ0n) is 16.9. The van der Waals surface area contributed by atoms with Gasteiger partial charge in [0.15, 0.2) is 0 Å². The van der Waals surface area contributed by atoms with Gasteiger partial charge in [0.05, 0.1) is 6.42 Å². The Morgan fingerprint density at radius 3 is 2.44 bits per heavy atom. The molecule has 0 amide bonds. The Kier molecular flexibility index (Phi) is 7.40. The fourth-order valence-corrected chi connectivity index (χ4v) is 3.76. The Balaban J connectivity index is 1.78. The van der Waals surface area contributed by atoms with E-state index in [1.807, 2.05) is 25.1 Å². The maximum Gasteiger partial charge on any atom is 0.306 e. The van der Waals surface area contributed by atoms with Crippen molar-refractivity contribution in [1.29, 1.82) is 0 Å². The Labute approximate surface area is 162 Å². The van der Waals surface area contributed by atoms with Crippen molar-refractivity contribution in [2.24, 2.45) is 11.8 Å². The maximum atomic E-state index is 11.0. The van der Waals surface area contributed by atoms with Crippen LogP contribution in [0.4, 0.5) is 0 Å². The predicted octanol–water partition coefficient (Wildman–Crippen LogP) is 5.65. The number of hydrogen-bond donors (Lipinski definition) is 1. The minimum absolute atomic E-state index is 0.0436. The van der Waals surface area contributed by atoms with Gasteiger partial charge >= 0.3 is 5.97 Å². The van der Waals surface area contributed by atoms with Crippen LogP contribution in [0.3, 0.4) is 0 Å². The largest absolute Gasteiger partial charge is 0.481 e. The molecule has 1 aromatic rings. The molecule has 1 aliphatic heterocycles. The van der Waals surface area contributed by atoms with Gasteiger partial charge in [-0.05, 0) is 44.1 Å². The molecule has 0 unspecified atom stereocenters. The number of carboxylic acid groups (broad SMARTS) is 1. The van der Waals surface area contributed by atoms with Crippen molar-refractivity contribution >= 4 is 12.0 Å². The van der Waals surface area contributed by atoms with Gasteiger partial charge in [-0.25, -0.2) is 9.78 Å². The minimum atomic E-state index is -0.865. The molecule has 2 rings (SSSR count). The van der Waals surface area contributed by atoms with E-state index in [0.29, 0.717) is 18.3 Å². The smallest absolute Gasteiger partial charge is 0.306 e. The van der Waals surface area contributed by atoms with Crippen molar-refractivity contribution < 1.29 is 19.7 Å². The number of aliphatic carboxylic acids is 1. The van der Waals surface area contributed by atoms with Gasteiger partial charge < -0.3 is 5.11 Å². The van der Waals surface area contributed by atoms with Crippen LogP contribution >= 0.6 is 0 Å². The van der Waals surface area contributed by atoms with Crippen molar-refractivity contribution in [2.75, 3.05) is 0 Å². The number of hydrogen-bond acceptors (Lipinski definition) is 3. The number of carboxylic acids is 1. The molecule has 4 atom stereocenters. The highest BCUT2D eigenvalue weighted by molar-refractivity contribution is 5.68. The molecule has 0 aromatic heterocycles. The molecule has 1 saturated heterocycles. The fraction of sp³-hybridized carbons (Fsp3) is 0.522. The first-order valence-corrected chi connectivity index (χ1v) is 9.68. The topological polar surface area (TPSA) is 55.8 Å². The third-order valence-electron chi connectivity index (χ3n) is 4.86. The molecular weight excluding hydrogens is 340 g/mol. The summed E-state index contributed by atoms with van der Waals surface area (Å²) in [6.45, 7) is 8.16. The average molecular weight is 373 g/mol. The summed E-state index contributed by atoms with van der Waals surface area (Å²) in [4.78, 5) is 21.9. The molecule has 0 saturated carbocycles. The minimum Gasteiger partial charge on any atom is -0.481 e. The van der Waals surface area contributed by atoms with Gasteiger partial charge in [0.25, 0.3) is 0 Å². The van der Waals surface area contributed by atoms with Crippen LogP contribution in [0.5, 0.6) is 0 Å². The van der Waals surface area contributed by atoms with Crippen LogP contribution in [0, 0.1) is 11.8 Å². The number of rotatable bonds is 9. The summed E-state index contributed by atoms with van der Waals surface area (Å²) in [5, 5.41) is 9.02. The molecule has 4 heteroatoms. The van der Waals surface area contributed by atoms with E-state index in [1.165, 1.54) is 5.56 Å². The third-order valence-corrected chi connectivity index (χ3v) is 4.86. The van der Waals surface area contributed by atoms with Crippen LogP contribution in [0.1, 0.15) is 58.9 Å². The van der Waals surface area contributed by atoms with Gasteiger partial charge in [-0.2, -0.15) is 0 Å². The summed E-state index contributed by atoms with van der Waals surface area (Å²) in [6, 6.07) is 10.3. The van der Waals surface area contributed by atoms with E-state index in [1.54, 1.807) is 6.92 Å². The SMILES string of the molecule is C[C@H](/C=C/c1ccccc1)C/C=C/[C@H](C)C[C@@]1(C)C[C@@](C)(CC(=O)O)OO1. The zero-order valence-corrected chi connectivity index (χ0v) is 16.9. The standard InChI is InChI=1S/C23H32O4/c1-18(13-14-20-11-6-5-7-12-20)9-8-10-19(2)15-22(3)17-23(4,27-26-22)16-21(24)25/h5-8,10-14,18-19H,9,15-17H2,1-4H3,(H,24,25)/b10-8+,14-13+/t18-,19-,22-,23+/m0/s1. The normalized spacial score (nSPS) is 28.0. The molecule has 0 radical (unpaired) electrons. The monoisotopic (exact) mass is 372 g/mol. The average Bonchev–Trinajstić information content (AvgIpc) is 2.87. The lowest BCUT2D eigenvalue weighted by molar-refractivity contribution is -0.346. The van der Waals surface area contributed by atoms with Crippen LogP contribution in [0.2, 0.25) is 0 Å². The van der Waals surface area contributed by atoms with E-state index in [9.17, 15) is 4.79 Å². The highest BCUT2D eigenvalue weighted by atomic mass is 17.2. The molecule has 0 bridgehead atoms. The summed E-state index contributed by atoms with van der Waals surface area (Å²) in [6.07, 6.45) is 11.2. The van der Waals surface area contributed by atoms with Gasteiger partial charge in [0.2, 0.25) is 0 Å². The number of carbonyl (C=O) groups is 1. The lowest BCUT2D eigenvalue weighted by Gasteiger charge is -2.24. The number of benzene rings is 1. The van der Waals surface area contributed by atoms with Gasteiger partial charge in [-0.3, -0.25) is 4.79 Å². The van der Waals surface area contributed by atoms with Crippen molar-refractivity contribution in [3.63, 3.8) is 0 Å². The van der Waals surface area contributed by atoms with E-state index in [2.05, 4.69) is 50.3 Å². The molecule has 1 aromatic carbocycles. The Morgan fingerprint density at radius 1 is 1.11 bits per heavy atom. The van der Waals surface area contributed by atoms with Crippen LogP contribution in [0.15, 0.2) is 48.6 Å². The molecule has 27 heavy (non-hydrogen) atoms. The highest BCUT2D eigenvalue weighted by Crippen LogP contribution is 2.41. The first kappa shape index (κ1) is 21.4. The molecular formula is C23H32O4. The van der Waals surface area contributed by atoms with E-state index in [0.717, 1.165) is 12.8 Å². The maximum absolute atomic E-state index is 11.0. The fourth-order valence-electron chi connectivity index (χ4n) is 3.76. The first-order chi connectivity index (χ1) is 12.7. The second-order valence-corrected chi connectivity index (χ2v) is 8.41. The molecule has 1 N–H and O–H groups in total. The van der Waals surface area contributed by atoms with Crippen LogP contribution in [0.25, 0.3) is 6.08 Å². The van der Waals surface area contributed by atoms with E-state index < -0.39 is 17.2 Å². The molecule has 1 heterocycles. The van der Waals surface area contributed by atoms with Gasteiger partial charge in [0, 0.05) is 6.42 Å². The summed E-state index contributed by atoms with van der Waals surface area (Å²) in [5.41, 5.74) is 0.0190. The zero-order chi connectivity index (χ0) is 19.9. The predicted molar refractivity (Wildman–Crippen MR) is 108 cm³/mol. The third kappa shape index (κ3) is 7.31. The van der Waals surface area contributed by atoms with Crippen LogP contribution in [-0.2, 0) is 14.6 Å². The van der Waals surface area contributed by atoms with Crippen molar-refractivity contribution in [1.82, 2.24) is 0 Å². The van der Waals surface area contributed by atoms with Gasteiger partial charge in [0.1, 0.15) is 11.2 Å². The molecule has 1 aliphatic rings. The second kappa shape index (κ2) is 9.34. The lowest BCUT2D eigenvalue weighted by atomic mass is 9.83. The molecule has 4 nitrogen and oxygen atoms in total. The number of allylic oxidation sites excluding steroid dienone is 3. The summed E-state index contributed by atoms with van der Waals surface area (Å²) in [7, 11) is 0.